The molecule has 0 heterocycles. The first kappa shape index (κ1) is 96.5. The first-order valence-corrected chi connectivity index (χ1v) is 43.2. The van der Waals surface area contributed by atoms with Gasteiger partial charge in [-0.1, -0.05) is 312 Å². The molecule has 0 aromatic heterocycles. The van der Waals surface area contributed by atoms with Crippen molar-refractivity contribution in [2.24, 2.45) is 0 Å². The molecule has 0 aromatic rings. The molecule has 0 amide bonds. The monoisotopic (exact) mass is 1450 g/mol. The molecule has 0 aliphatic carbocycles. The van der Waals surface area contributed by atoms with Gasteiger partial charge in [-0.15, -0.1) is 0 Å². The van der Waals surface area contributed by atoms with E-state index in [4.69, 9.17) is 37.0 Å². The number of phosphoric ester groups is 2. The van der Waals surface area contributed by atoms with Gasteiger partial charge < -0.3 is 33.8 Å². The molecule has 0 bridgehead atoms. The summed E-state index contributed by atoms with van der Waals surface area (Å²) in [6, 6.07) is 0. The maximum atomic E-state index is 13.1. The Hall–Kier alpha value is -3.50. The van der Waals surface area contributed by atoms with Crippen LogP contribution in [0.2, 0.25) is 0 Å². The number of allylic oxidation sites excluding steroid dienone is 12. The molecule has 100 heavy (non-hydrogen) atoms. The molecular formula is C81H146O17P2. The summed E-state index contributed by atoms with van der Waals surface area (Å²) in [6.45, 7) is 4.77. The number of esters is 4. The molecular weight excluding hydrogens is 1310 g/mol. The van der Waals surface area contributed by atoms with Gasteiger partial charge >= 0.3 is 39.5 Å². The smallest absolute Gasteiger partial charge is 0.462 e. The largest absolute Gasteiger partial charge is 0.472 e. The van der Waals surface area contributed by atoms with Crippen LogP contribution in [0.25, 0.3) is 0 Å². The summed E-state index contributed by atoms with van der Waals surface area (Å²) >= 11 is 0. The average molecular weight is 1450 g/mol. The average Bonchev–Trinajstić information content (AvgIpc) is 0.953. The molecule has 19 heteroatoms. The normalized spacial score (nSPS) is 14.3. The quantitative estimate of drug-likeness (QED) is 0.0169. The Kier molecular flexibility index (Phi) is 71.2. The number of ether oxygens (including phenoxy) is 4. The maximum absolute atomic E-state index is 13.1. The van der Waals surface area contributed by atoms with Gasteiger partial charge in [0.05, 0.1) is 26.4 Å². The van der Waals surface area contributed by atoms with Crippen LogP contribution in [0.15, 0.2) is 72.9 Å². The molecule has 17 nitrogen and oxygen atoms in total. The van der Waals surface area contributed by atoms with Crippen LogP contribution in [-0.2, 0) is 65.4 Å². The fourth-order valence-electron chi connectivity index (χ4n) is 11.1. The Bertz CT molecular complexity index is 2180. The predicted molar refractivity (Wildman–Crippen MR) is 409 cm³/mol. The number of carbonyl (C=O) groups is 4. The predicted octanol–water partition coefficient (Wildman–Crippen LogP) is 23.2. The molecule has 0 saturated heterocycles. The Morgan fingerprint density at radius 2 is 0.520 bits per heavy atom. The van der Waals surface area contributed by atoms with Gasteiger partial charge in [-0.05, 0) is 96.3 Å². The molecule has 3 N–H and O–H groups in total. The van der Waals surface area contributed by atoms with Crippen molar-refractivity contribution in [1.82, 2.24) is 0 Å². The summed E-state index contributed by atoms with van der Waals surface area (Å²) in [5.41, 5.74) is 0. The summed E-state index contributed by atoms with van der Waals surface area (Å²) in [6.07, 6.45) is 74.5. The zero-order chi connectivity index (χ0) is 73.2. The highest BCUT2D eigenvalue weighted by molar-refractivity contribution is 7.47. The standard InChI is InChI=1S/C81H146O17P2/c1-5-9-13-17-21-25-29-32-35-36-37-38-41-43-47-50-54-58-62-66-79(84)91-71-76(97-80(85)67-63-59-55-51-45-28-24-20-16-12-8-4)73-95-99(87,88)93-69-75(82)70-94-100(89,90)96-74-77(98-81(86)68-64-60-56-52-48-44-40-34-31-27-23-19-15-11-7-3)72-92-78(83)65-61-57-53-49-46-42-39-33-30-26-22-18-14-10-6-2/h9,13,21,25,32-33,35,37-39,43,47,75-77,82H,5-8,10-12,14-20,22-24,26-31,34,36,40-42,44-46,48-74H2,1-4H3,(H,87,88)(H,89,90)/b13-9-,25-21-,35-32-,38-37-,39-33-,47-43-. The lowest BCUT2D eigenvalue weighted by Crippen LogP contribution is -2.30. The summed E-state index contributed by atoms with van der Waals surface area (Å²) in [5.74, 6) is -2.19. The molecule has 5 atom stereocenters. The van der Waals surface area contributed by atoms with Crippen molar-refractivity contribution in [3.05, 3.63) is 72.9 Å². The number of unbranched alkanes of at least 4 members (excludes halogenated alkanes) is 38. The van der Waals surface area contributed by atoms with Gasteiger partial charge in [0.15, 0.2) is 12.2 Å². The van der Waals surface area contributed by atoms with Gasteiger partial charge in [0, 0.05) is 25.7 Å². The fraction of sp³-hybridized carbons (Fsp3) is 0.802. The second kappa shape index (κ2) is 73.8. The van der Waals surface area contributed by atoms with Crippen molar-refractivity contribution in [2.75, 3.05) is 39.6 Å². The van der Waals surface area contributed by atoms with E-state index in [0.717, 1.165) is 141 Å². The highest BCUT2D eigenvalue weighted by Crippen LogP contribution is 2.45. The number of hydrogen-bond acceptors (Lipinski definition) is 15. The van der Waals surface area contributed by atoms with Gasteiger partial charge in [0.25, 0.3) is 0 Å². The molecule has 0 aliphatic heterocycles. The summed E-state index contributed by atoms with van der Waals surface area (Å²) < 4.78 is 68.6. The highest BCUT2D eigenvalue weighted by atomic mass is 31.2. The Morgan fingerprint density at radius 3 is 0.820 bits per heavy atom. The Balaban J connectivity index is 5.32. The van der Waals surface area contributed by atoms with Crippen LogP contribution >= 0.6 is 15.6 Å². The minimum Gasteiger partial charge on any atom is -0.462 e. The van der Waals surface area contributed by atoms with E-state index in [1.807, 2.05) is 0 Å². The van der Waals surface area contributed by atoms with E-state index in [-0.39, 0.29) is 25.7 Å². The minimum absolute atomic E-state index is 0.0916. The zero-order valence-electron chi connectivity index (χ0n) is 63.6. The van der Waals surface area contributed by atoms with Gasteiger partial charge in [-0.3, -0.25) is 37.3 Å². The topological polar surface area (TPSA) is 237 Å². The summed E-state index contributed by atoms with van der Waals surface area (Å²) in [7, 11) is -9.95. The van der Waals surface area contributed by atoms with Crippen LogP contribution in [0.5, 0.6) is 0 Å². The number of phosphoric acid groups is 2. The molecule has 0 aromatic carbocycles. The Morgan fingerprint density at radius 1 is 0.290 bits per heavy atom. The molecule has 0 spiro atoms. The Labute approximate surface area is 609 Å². The highest BCUT2D eigenvalue weighted by Gasteiger charge is 2.30. The van der Waals surface area contributed by atoms with E-state index in [0.29, 0.717) is 25.7 Å². The van der Waals surface area contributed by atoms with E-state index in [2.05, 4.69) is 101 Å². The molecule has 0 fully saturated rings. The van der Waals surface area contributed by atoms with Gasteiger partial charge in [-0.25, -0.2) is 9.13 Å². The first-order chi connectivity index (χ1) is 48.7. The van der Waals surface area contributed by atoms with E-state index in [1.165, 1.54) is 141 Å². The van der Waals surface area contributed by atoms with Crippen molar-refractivity contribution in [3.8, 4) is 0 Å². The van der Waals surface area contributed by atoms with Crippen LogP contribution in [-0.4, -0.2) is 96.7 Å². The fourth-order valence-corrected chi connectivity index (χ4v) is 12.6. The lowest BCUT2D eigenvalue weighted by atomic mass is 10.0. The second-order valence-electron chi connectivity index (χ2n) is 27.0. The molecule has 0 radical (unpaired) electrons. The van der Waals surface area contributed by atoms with Crippen LogP contribution in [0, 0.1) is 0 Å². The van der Waals surface area contributed by atoms with Gasteiger partial charge in [0.2, 0.25) is 0 Å². The number of aliphatic hydroxyl groups is 1. The third-order valence-corrected chi connectivity index (χ3v) is 19.1. The zero-order valence-corrected chi connectivity index (χ0v) is 65.4. The minimum atomic E-state index is -4.98. The third-order valence-electron chi connectivity index (χ3n) is 17.2. The molecule has 0 rings (SSSR count). The van der Waals surface area contributed by atoms with Crippen LogP contribution in [0.3, 0.4) is 0 Å². The van der Waals surface area contributed by atoms with E-state index >= 15 is 0 Å². The number of aliphatic hydroxyl groups excluding tert-OH is 1. The van der Waals surface area contributed by atoms with Crippen LogP contribution < -0.4 is 0 Å². The number of carbonyl (C=O) groups excluding carboxylic acids is 4. The molecule has 582 valence electrons. The van der Waals surface area contributed by atoms with E-state index in [9.17, 15) is 43.2 Å². The van der Waals surface area contributed by atoms with Gasteiger partial charge in [-0.2, -0.15) is 0 Å². The van der Waals surface area contributed by atoms with Crippen molar-refractivity contribution in [3.63, 3.8) is 0 Å². The van der Waals surface area contributed by atoms with Crippen molar-refractivity contribution >= 4 is 39.5 Å². The number of rotatable bonds is 76. The van der Waals surface area contributed by atoms with E-state index < -0.39 is 97.5 Å². The van der Waals surface area contributed by atoms with Crippen molar-refractivity contribution in [2.45, 2.75) is 380 Å². The number of hydrogen-bond donors (Lipinski definition) is 3. The second-order valence-corrected chi connectivity index (χ2v) is 29.9. The van der Waals surface area contributed by atoms with Crippen LogP contribution in [0.4, 0.5) is 0 Å². The first-order valence-electron chi connectivity index (χ1n) is 40.2. The van der Waals surface area contributed by atoms with Gasteiger partial charge in [0.1, 0.15) is 19.3 Å². The lowest BCUT2D eigenvalue weighted by Gasteiger charge is -2.21. The maximum Gasteiger partial charge on any atom is 0.472 e. The lowest BCUT2D eigenvalue weighted by molar-refractivity contribution is -0.161. The van der Waals surface area contributed by atoms with Crippen molar-refractivity contribution in [1.29, 1.82) is 0 Å². The molecule has 5 unspecified atom stereocenters. The van der Waals surface area contributed by atoms with E-state index in [1.54, 1.807) is 0 Å². The molecule has 0 saturated carbocycles. The summed E-state index contributed by atoms with van der Waals surface area (Å²) in [4.78, 5) is 72.9. The van der Waals surface area contributed by atoms with Crippen LogP contribution in [0.1, 0.15) is 362 Å². The third kappa shape index (κ3) is 72.8. The summed E-state index contributed by atoms with van der Waals surface area (Å²) in [5, 5.41) is 10.6. The SMILES string of the molecule is CC/C=C\C/C=C\C/C=C\C/C=C\C/C=C\CCCCCC(=O)OCC(COP(=O)(O)OCC(O)COP(=O)(O)OCC(COC(=O)CCCCCCC/C=C\CCCCCCCC)OC(=O)CCCCCCCCCCCCCCCCC)OC(=O)CCCCCCCCCCCCC. The molecule has 0 aliphatic rings. The van der Waals surface area contributed by atoms with Crippen molar-refractivity contribution < 1.29 is 80.2 Å².